The highest BCUT2D eigenvalue weighted by molar-refractivity contribution is 7.15. The van der Waals surface area contributed by atoms with Gasteiger partial charge in [-0.1, -0.05) is 38.1 Å². The smallest absolute Gasteiger partial charge is 0.248 e. The molecule has 8 heteroatoms. The van der Waals surface area contributed by atoms with Crippen LogP contribution in [0, 0.1) is 0 Å². The number of carbonyl (C=O) groups excluding carboxylic acids is 2. The molecule has 3 rings (SSSR count). The van der Waals surface area contributed by atoms with Crippen molar-refractivity contribution in [3.8, 4) is 11.3 Å². The Balaban J connectivity index is 1.69. The fourth-order valence-corrected chi connectivity index (χ4v) is 4.16. The van der Waals surface area contributed by atoms with Crippen LogP contribution in [0.25, 0.3) is 11.3 Å². The fraction of sp³-hybridized carbons (Fsp3) is 0.308. The van der Waals surface area contributed by atoms with Gasteiger partial charge in [0.15, 0.2) is 5.13 Å². The molecule has 0 fully saturated rings. The normalized spacial score (nSPS) is 12.1. The zero-order valence-electron chi connectivity index (χ0n) is 20.0. The number of aromatic nitrogens is 2. The average Bonchev–Trinajstić information content (AvgIpc) is 3.27. The average molecular weight is 478 g/mol. The first-order valence-electron chi connectivity index (χ1n) is 11.3. The molecule has 1 atom stereocenters. The van der Waals surface area contributed by atoms with Crippen LogP contribution in [0.1, 0.15) is 36.6 Å². The van der Waals surface area contributed by atoms with E-state index in [1.807, 2.05) is 62.3 Å². The highest BCUT2D eigenvalue weighted by Gasteiger charge is 2.20. The Morgan fingerprint density at radius 2 is 1.91 bits per heavy atom. The maximum absolute atomic E-state index is 12.9. The third-order valence-corrected chi connectivity index (χ3v) is 6.27. The van der Waals surface area contributed by atoms with Gasteiger partial charge in [0.05, 0.1) is 23.5 Å². The molecule has 2 heterocycles. The number of nitrogens with zero attached hydrogens (tertiary/aromatic N) is 3. The summed E-state index contributed by atoms with van der Waals surface area (Å²) in [7, 11) is 3.88. The zero-order chi connectivity index (χ0) is 24.5. The Morgan fingerprint density at radius 3 is 2.56 bits per heavy atom. The van der Waals surface area contributed by atoms with Gasteiger partial charge in [0, 0.05) is 29.3 Å². The van der Waals surface area contributed by atoms with E-state index in [1.54, 1.807) is 18.5 Å². The molecule has 0 spiro atoms. The van der Waals surface area contributed by atoms with E-state index in [0.29, 0.717) is 23.8 Å². The quantitative estimate of drug-likeness (QED) is 0.403. The molecule has 1 unspecified atom stereocenters. The van der Waals surface area contributed by atoms with Crippen molar-refractivity contribution in [3.05, 3.63) is 71.4 Å². The lowest BCUT2D eigenvalue weighted by atomic mass is 9.93. The molecule has 1 aromatic carbocycles. The molecule has 0 aliphatic heterocycles. The summed E-state index contributed by atoms with van der Waals surface area (Å²) in [5.74, 6) is -0.548. The largest absolute Gasteiger partial charge is 0.321 e. The molecule has 0 bridgehead atoms. The summed E-state index contributed by atoms with van der Waals surface area (Å²) < 4.78 is 0. The summed E-state index contributed by atoms with van der Waals surface area (Å²) in [6.45, 7) is 4.76. The Bertz CT molecular complexity index is 1140. The van der Waals surface area contributed by atoms with Crippen LogP contribution in [0.2, 0.25) is 0 Å². The molecule has 7 nitrogen and oxygen atoms in total. The maximum atomic E-state index is 12.9. The van der Waals surface area contributed by atoms with Crippen LogP contribution in [-0.2, 0) is 16.0 Å². The van der Waals surface area contributed by atoms with Gasteiger partial charge >= 0.3 is 0 Å². The summed E-state index contributed by atoms with van der Waals surface area (Å²) in [5.41, 5.74) is 3.23. The van der Waals surface area contributed by atoms with Crippen LogP contribution in [0.5, 0.6) is 0 Å². The van der Waals surface area contributed by atoms with Crippen LogP contribution in [-0.4, -0.2) is 47.3 Å². The minimum atomic E-state index is -0.290. The highest BCUT2D eigenvalue weighted by Crippen LogP contribution is 2.28. The van der Waals surface area contributed by atoms with Crippen molar-refractivity contribution < 1.29 is 9.59 Å². The van der Waals surface area contributed by atoms with Gasteiger partial charge in [-0.15, -0.1) is 11.3 Å². The second-order valence-corrected chi connectivity index (χ2v) is 9.26. The predicted molar refractivity (Wildman–Crippen MR) is 139 cm³/mol. The number of nitrogens with one attached hydrogen (secondary N) is 2. The SMILES string of the molecule is CCc1cnc(NC(=O)C(CC)c2cccc(-c3ccc(NC(=O)/C=C/CN(C)C)cn3)c2)s1. The standard InChI is InChI=1S/C26H31N5O2S/c1-5-21-17-28-26(34-21)30-25(33)22(6-2)18-9-7-10-19(15-18)23-13-12-20(16-27-23)29-24(32)11-8-14-31(3)4/h7-13,15-17,22H,5-6,14H2,1-4H3,(H,29,32)(H,28,30,33)/b11-8+. The molecule has 2 aromatic heterocycles. The minimum absolute atomic E-state index is 0.0648. The molecule has 2 amide bonds. The van der Waals surface area contributed by atoms with Gasteiger partial charge in [0.25, 0.3) is 0 Å². The Kier molecular flexibility index (Phi) is 9.07. The second kappa shape index (κ2) is 12.2. The topological polar surface area (TPSA) is 87.2 Å². The summed E-state index contributed by atoms with van der Waals surface area (Å²) in [6.07, 6.45) is 8.33. The molecule has 0 radical (unpaired) electrons. The summed E-state index contributed by atoms with van der Waals surface area (Å²) in [5, 5.41) is 6.40. The number of anilines is 2. The molecule has 178 valence electrons. The summed E-state index contributed by atoms with van der Waals surface area (Å²) >= 11 is 1.51. The van der Waals surface area contributed by atoms with E-state index in [9.17, 15) is 9.59 Å². The first-order valence-corrected chi connectivity index (χ1v) is 12.2. The molecule has 2 N–H and O–H groups in total. The fourth-order valence-electron chi connectivity index (χ4n) is 3.40. The predicted octanol–water partition coefficient (Wildman–Crippen LogP) is 4.96. The number of aryl methyl sites for hydroxylation is 1. The number of rotatable bonds is 10. The lowest BCUT2D eigenvalue weighted by Crippen LogP contribution is -2.20. The number of hydrogen-bond donors (Lipinski definition) is 2. The minimum Gasteiger partial charge on any atom is -0.321 e. The van der Waals surface area contributed by atoms with Crippen molar-refractivity contribution in [1.29, 1.82) is 0 Å². The van der Waals surface area contributed by atoms with Gasteiger partial charge in [-0.2, -0.15) is 0 Å². The van der Waals surface area contributed by atoms with Gasteiger partial charge in [-0.05, 0) is 50.7 Å². The van der Waals surface area contributed by atoms with Gasteiger partial charge in [0.1, 0.15) is 0 Å². The first kappa shape index (κ1) is 25.3. The van der Waals surface area contributed by atoms with Crippen LogP contribution >= 0.6 is 11.3 Å². The summed E-state index contributed by atoms with van der Waals surface area (Å²) in [4.78, 5) is 36.9. The molecule has 0 saturated heterocycles. The van der Waals surface area contributed by atoms with Crippen molar-refractivity contribution >= 4 is 34.0 Å². The van der Waals surface area contributed by atoms with Crippen LogP contribution in [0.3, 0.4) is 0 Å². The first-order chi connectivity index (χ1) is 16.4. The molecular weight excluding hydrogens is 446 g/mol. The lowest BCUT2D eigenvalue weighted by Gasteiger charge is -2.15. The Labute approximate surface area is 204 Å². The van der Waals surface area contributed by atoms with Crippen LogP contribution in [0.15, 0.2) is 60.9 Å². The van der Waals surface area contributed by atoms with E-state index in [4.69, 9.17) is 0 Å². The van der Waals surface area contributed by atoms with Crippen LogP contribution in [0.4, 0.5) is 10.8 Å². The number of amides is 2. The number of hydrogen-bond acceptors (Lipinski definition) is 6. The molecule has 3 aromatic rings. The summed E-state index contributed by atoms with van der Waals surface area (Å²) in [6, 6.07) is 11.5. The van der Waals surface area contributed by atoms with Gasteiger partial charge in [-0.25, -0.2) is 4.98 Å². The van der Waals surface area contributed by atoms with E-state index in [-0.39, 0.29) is 17.7 Å². The highest BCUT2D eigenvalue weighted by atomic mass is 32.1. The monoisotopic (exact) mass is 477 g/mol. The maximum Gasteiger partial charge on any atom is 0.248 e. The lowest BCUT2D eigenvalue weighted by molar-refractivity contribution is -0.117. The number of thiazole rings is 1. The third kappa shape index (κ3) is 7.07. The number of benzene rings is 1. The second-order valence-electron chi connectivity index (χ2n) is 8.15. The molecule has 0 aliphatic rings. The number of carbonyl (C=O) groups is 2. The Hall–Kier alpha value is -3.36. The van der Waals surface area contributed by atoms with Crippen molar-refractivity contribution in [2.24, 2.45) is 0 Å². The van der Waals surface area contributed by atoms with Gasteiger partial charge in [-0.3, -0.25) is 14.6 Å². The third-order valence-electron chi connectivity index (χ3n) is 5.21. The molecule has 34 heavy (non-hydrogen) atoms. The number of likely N-dealkylation sites (N-methyl/N-ethyl adjacent to an activating group) is 1. The Morgan fingerprint density at radius 1 is 1.09 bits per heavy atom. The molecule has 0 aliphatic carbocycles. The van der Waals surface area contributed by atoms with E-state index in [0.717, 1.165) is 28.1 Å². The van der Waals surface area contributed by atoms with Crippen molar-refractivity contribution in [2.75, 3.05) is 31.3 Å². The van der Waals surface area contributed by atoms with E-state index in [1.165, 1.54) is 17.4 Å². The molecular formula is C26H31N5O2S. The van der Waals surface area contributed by atoms with Gasteiger partial charge < -0.3 is 15.5 Å². The van der Waals surface area contributed by atoms with Gasteiger partial charge in [0.2, 0.25) is 11.8 Å². The molecule has 0 saturated carbocycles. The van der Waals surface area contributed by atoms with Crippen molar-refractivity contribution in [3.63, 3.8) is 0 Å². The number of pyridine rings is 1. The van der Waals surface area contributed by atoms with E-state index in [2.05, 4.69) is 27.5 Å². The van der Waals surface area contributed by atoms with Crippen molar-refractivity contribution in [2.45, 2.75) is 32.6 Å². The van der Waals surface area contributed by atoms with Crippen molar-refractivity contribution in [1.82, 2.24) is 14.9 Å². The zero-order valence-corrected chi connectivity index (χ0v) is 20.9. The van der Waals surface area contributed by atoms with E-state index >= 15 is 0 Å². The van der Waals surface area contributed by atoms with Crippen LogP contribution < -0.4 is 10.6 Å². The van der Waals surface area contributed by atoms with E-state index < -0.39 is 0 Å².